The molecule has 1 aliphatic rings. The summed E-state index contributed by atoms with van der Waals surface area (Å²) in [7, 11) is 0. The molecule has 1 unspecified atom stereocenters. The van der Waals surface area contributed by atoms with Crippen molar-refractivity contribution in [1.29, 1.82) is 0 Å². The second-order valence-corrected chi connectivity index (χ2v) is 2.01. The van der Waals surface area contributed by atoms with Gasteiger partial charge in [0, 0.05) is 13.1 Å². The van der Waals surface area contributed by atoms with E-state index in [0.29, 0.717) is 6.54 Å². The van der Waals surface area contributed by atoms with Gasteiger partial charge in [-0.25, -0.2) is 0 Å². The first kappa shape index (κ1) is 6.67. The van der Waals surface area contributed by atoms with Gasteiger partial charge in [-0.15, -0.1) is 0 Å². The summed E-state index contributed by atoms with van der Waals surface area (Å²) < 4.78 is 0. The number of hydrogen-bond donors (Lipinski definition) is 2. The Morgan fingerprint density at radius 3 is 3.11 bits per heavy atom. The third kappa shape index (κ3) is 1.48. The Labute approximate surface area is 54.0 Å². The predicted octanol–water partition coefficient (Wildman–Crippen LogP) is -1.76. The Hall–Kier alpha value is -0.450. The van der Waals surface area contributed by atoms with Gasteiger partial charge in [0.05, 0.1) is 6.54 Å². The van der Waals surface area contributed by atoms with Crippen LogP contribution in [0.25, 0.3) is 0 Å². The Bertz CT molecular complexity index is 106. The molecule has 0 saturated carbocycles. The van der Waals surface area contributed by atoms with Gasteiger partial charge in [0.25, 0.3) is 0 Å². The van der Waals surface area contributed by atoms with Gasteiger partial charge in [-0.2, -0.15) is 0 Å². The quantitative estimate of drug-likeness (QED) is 0.462. The molecule has 0 aromatic rings. The molecule has 51 valence electrons. The van der Waals surface area contributed by atoms with E-state index in [9.17, 15) is 4.79 Å². The maximum Gasteiger partial charge on any atom is 0.213 e. The molecule has 0 bridgehead atoms. The van der Waals surface area contributed by atoms with Gasteiger partial charge in [0.15, 0.2) is 0 Å². The Kier molecular flexibility index (Phi) is 2.16. The minimum absolute atomic E-state index is 0.147. The molecule has 0 spiro atoms. The first-order valence-electron chi connectivity index (χ1n) is 2.92. The van der Waals surface area contributed by atoms with E-state index in [4.69, 9.17) is 5.73 Å². The lowest BCUT2D eigenvalue weighted by atomic mass is 10.5. The molecular weight excluding hydrogens is 118 g/mol. The summed E-state index contributed by atoms with van der Waals surface area (Å²) in [4.78, 5) is 11.7. The molecular formula is C5H10N3O. The van der Waals surface area contributed by atoms with E-state index in [0.717, 1.165) is 13.1 Å². The molecule has 1 atom stereocenters. The molecule has 0 aromatic heterocycles. The summed E-state index contributed by atoms with van der Waals surface area (Å²) in [5, 5.41) is 2.98. The maximum absolute atomic E-state index is 9.86. The monoisotopic (exact) mass is 128 g/mol. The zero-order valence-electron chi connectivity index (χ0n) is 5.13. The van der Waals surface area contributed by atoms with E-state index < -0.39 is 0 Å². The second kappa shape index (κ2) is 2.91. The molecule has 1 aliphatic heterocycles. The topological polar surface area (TPSA) is 58.4 Å². The Morgan fingerprint density at radius 1 is 1.89 bits per heavy atom. The third-order valence-electron chi connectivity index (χ3n) is 1.41. The molecule has 0 aliphatic carbocycles. The minimum Gasteiger partial charge on any atom is -0.303 e. The SMILES string of the molecule is NC1NCCN1C[C]=O. The zero-order valence-corrected chi connectivity index (χ0v) is 5.13. The molecule has 0 amide bonds. The van der Waals surface area contributed by atoms with Gasteiger partial charge in [-0.05, 0) is 0 Å². The second-order valence-electron chi connectivity index (χ2n) is 2.01. The highest BCUT2D eigenvalue weighted by molar-refractivity contribution is 5.53. The van der Waals surface area contributed by atoms with Crippen molar-refractivity contribution in [2.75, 3.05) is 19.6 Å². The van der Waals surface area contributed by atoms with E-state index in [-0.39, 0.29) is 6.29 Å². The number of hydrogen-bond acceptors (Lipinski definition) is 4. The molecule has 1 saturated heterocycles. The molecule has 3 N–H and O–H groups in total. The van der Waals surface area contributed by atoms with Crippen molar-refractivity contribution in [2.24, 2.45) is 5.73 Å². The first-order valence-corrected chi connectivity index (χ1v) is 2.92. The van der Waals surface area contributed by atoms with E-state index in [1.807, 2.05) is 4.90 Å². The lowest BCUT2D eigenvalue weighted by molar-refractivity contribution is 0.277. The fraction of sp³-hybridized carbons (Fsp3) is 0.800. The Balaban J connectivity index is 2.30. The summed E-state index contributed by atoms with van der Waals surface area (Å²) in [6, 6.07) is 0. The average Bonchev–Trinajstić information content (AvgIpc) is 2.18. The smallest absolute Gasteiger partial charge is 0.213 e. The fourth-order valence-electron chi connectivity index (χ4n) is 0.885. The van der Waals surface area contributed by atoms with Crippen LogP contribution in [0.4, 0.5) is 0 Å². The highest BCUT2D eigenvalue weighted by Crippen LogP contribution is 1.93. The van der Waals surface area contributed by atoms with Crippen LogP contribution < -0.4 is 11.1 Å². The van der Waals surface area contributed by atoms with Gasteiger partial charge in [-0.1, -0.05) is 0 Å². The highest BCUT2D eigenvalue weighted by atomic mass is 16.1. The van der Waals surface area contributed by atoms with Crippen LogP contribution in [0.15, 0.2) is 0 Å². The van der Waals surface area contributed by atoms with Crippen molar-refractivity contribution in [3.8, 4) is 0 Å². The lowest BCUT2D eigenvalue weighted by Gasteiger charge is -2.15. The average molecular weight is 128 g/mol. The van der Waals surface area contributed by atoms with Crippen LogP contribution in [0, 0.1) is 0 Å². The van der Waals surface area contributed by atoms with Gasteiger partial charge < -0.3 is 5.73 Å². The molecule has 0 aromatic carbocycles. The molecule has 1 radical (unpaired) electrons. The molecule has 1 heterocycles. The summed E-state index contributed by atoms with van der Waals surface area (Å²) in [5.41, 5.74) is 5.50. The van der Waals surface area contributed by atoms with Crippen LogP contribution in [0.1, 0.15) is 0 Å². The van der Waals surface area contributed by atoms with E-state index in [1.54, 1.807) is 6.29 Å². The summed E-state index contributed by atoms with van der Waals surface area (Å²) >= 11 is 0. The van der Waals surface area contributed by atoms with Gasteiger partial charge in [0.1, 0.15) is 6.29 Å². The maximum atomic E-state index is 9.86. The standard InChI is InChI=1S/C5H10N3O/c6-5-7-1-2-8(5)3-4-9/h5,7H,1-3,6H2. The lowest BCUT2D eigenvalue weighted by Crippen LogP contribution is -2.44. The van der Waals surface area contributed by atoms with Gasteiger partial charge in [0.2, 0.25) is 6.29 Å². The van der Waals surface area contributed by atoms with Crippen molar-refractivity contribution in [1.82, 2.24) is 10.2 Å². The number of nitrogens with one attached hydrogen (secondary N) is 1. The summed E-state index contributed by atoms with van der Waals surface area (Å²) in [5.74, 6) is 0. The molecule has 9 heavy (non-hydrogen) atoms. The van der Waals surface area contributed by atoms with Crippen molar-refractivity contribution < 1.29 is 4.79 Å². The molecule has 4 nitrogen and oxygen atoms in total. The number of carbonyl (C=O) groups excluding carboxylic acids is 1. The van der Waals surface area contributed by atoms with Crippen LogP contribution in [0.2, 0.25) is 0 Å². The Morgan fingerprint density at radius 2 is 2.67 bits per heavy atom. The van der Waals surface area contributed by atoms with Gasteiger partial charge in [-0.3, -0.25) is 15.0 Å². The number of nitrogens with zero attached hydrogens (tertiary/aromatic N) is 1. The minimum atomic E-state index is -0.147. The third-order valence-corrected chi connectivity index (χ3v) is 1.41. The van der Waals surface area contributed by atoms with Crippen LogP contribution in [-0.2, 0) is 4.79 Å². The van der Waals surface area contributed by atoms with Crippen molar-refractivity contribution in [3.05, 3.63) is 0 Å². The van der Waals surface area contributed by atoms with Crippen LogP contribution in [0.3, 0.4) is 0 Å². The normalized spacial score (nSPS) is 28.8. The van der Waals surface area contributed by atoms with E-state index >= 15 is 0 Å². The van der Waals surface area contributed by atoms with Crippen molar-refractivity contribution >= 4 is 6.29 Å². The first-order chi connectivity index (χ1) is 4.34. The molecule has 1 fully saturated rings. The van der Waals surface area contributed by atoms with Crippen LogP contribution in [0.5, 0.6) is 0 Å². The van der Waals surface area contributed by atoms with E-state index in [2.05, 4.69) is 5.32 Å². The van der Waals surface area contributed by atoms with Crippen LogP contribution >= 0.6 is 0 Å². The van der Waals surface area contributed by atoms with Gasteiger partial charge >= 0.3 is 0 Å². The summed E-state index contributed by atoms with van der Waals surface area (Å²) in [6.45, 7) is 2.02. The van der Waals surface area contributed by atoms with Crippen molar-refractivity contribution in [2.45, 2.75) is 6.29 Å². The van der Waals surface area contributed by atoms with Crippen LogP contribution in [-0.4, -0.2) is 37.1 Å². The number of nitrogens with two attached hydrogens (primary N) is 1. The molecule has 1 rings (SSSR count). The molecule has 4 heteroatoms. The summed E-state index contributed by atoms with van der Waals surface area (Å²) in [6.07, 6.45) is 1.65. The number of rotatable bonds is 2. The predicted molar refractivity (Wildman–Crippen MR) is 33.2 cm³/mol. The van der Waals surface area contributed by atoms with E-state index in [1.165, 1.54) is 0 Å². The van der Waals surface area contributed by atoms with Crippen molar-refractivity contribution in [3.63, 3.8) is 0 Å². The highest BCUT2D eigenvalue weighted by Gasteiger charge is 2.18. The fourth-order valence-corrected chi connectivity index (χ4v) is 0.885. The largest absolute Gasteiger partial charge is 0.303 e. The zero-order chi connectivity index (χ0) is 6.69.